The third-order valence-electron chi connectivity index (χ3n) is 8.79. The number of hydrogen-bond acceptors (Lipinski definition) is 7. The SMILES string of the molecule is COc1nc(C#N)cc2c1C1(O)C(CN3CCC(F)(F)CC3)C[C@@H](c3ccccc3)C1(c1ccc(C#N)cc1)O2. The summed E-state index contributed by atoms with van der Waals surface area (Å²) in [5, 5.41) is 32.2. The van der Waals surface area contributed by atoms with Crippen LogP contribution < -0.4 is 9.47 Å². The van der Waals surface area contributed by atoms with Crippen molar-refractivity contribution in [3.05, 3.63) is 88.6 Å². The smallest absolute Gasteiger partial charge is 0.250 e. The largest absolute Gasteiger partial charge is 0.481 e. The van der Waals surface area contributed by atoms with Crippen LogP contribution in [-0.2, 0) is 11.2 Å². The first-order valence-corrected chi connectivity index (χ1v) is 13.3. The van der Waals surface area contributed by atoms with Gasteiger partial charge in [-0.3, -0.25) is 0 Å². The van der Waals surface area contributed by atoms with Crippen LogP contribution in [-0.4, -0.2) is 47.7 Å². The summed E-state index contributed by atoms with van der Waals surface area (Å²) < 4.78 is 40.5. The lowest BCUT2D eigenvalue weighted by atomic mass is 9.70. The summed E-state index contributed by atoms with van der Waals surface area (Å²) in [5.41, 5.74) is -0.554. The van der Waals surface area contributed by atoms with Gasteiger partial charge < -0.3 is 19.5 Å². The molecule has 0 bridgehead atoms. The third kappa shape index (κ3) is 3.84. The molecule has 40 heavy (non-hydrogen) atoms. The Morgan fingerprint density at radius 1 is 1.07 bits per heavy atom. The molecule has 3 aromatic rings. The van der Waals surface area contributed by atoms with Crippen LogP contribution >= 0.6 is 0 Å². The number of halogens is 2. The van der Waals surface area contributed by atoms with E-state index in [0.717, 1.165) is 5.56 Å². The second-order valence-electron chi connectivity index (χ2n) is 10.8. The standard InChI is InChI=1S/C31H28F2N4O3/c1-39-28-27-26(16-24(18-35)36-28)40-31(22-9-7-20(17-34)8-10-22)25(21-5-3-2-4-6-21)15-23(30(27,31)38)19-37-13-11-29(32,33)12-14-37/h2-10,16,23,25,38H,11-15,19H2,1H3/t23?,25-,30?,31?/m0/s1. The van der Waals surface area contributed by atoms with E-state index in [4.69, 9.17) is 9.47 Å². The van der Waals surface area contributed by atoms with Gasteiger partial charge in [0, 0.05) is 50.4 Å². The zero-order valence-electron chi connectivity index (χ0n) is 22.0. The van der Waals surface area contributed by atoms with Gasteiger partial charge in [-0.2, -0.15) is 10.5 Å². The molecule has 1 saturated heterocycles. The first-order chi connectivity index (χ1) is 19.3. The number of rotatable bonds is 5. The van der Waals surface area contributed by atoms with Crippen LogP contribution in [0.4, 0.5) is 8.78 Å². The number of alkyl halides is 2. The molecule has 0 amide bonds. The lowest BCUT2D eigenvalue weighted by Gasteiger charge is -2.43. The van der Waals surface area contributed by atoms with Gasteiger partial charge >= 0.3 is 0 Å². The van der Waals surface area contributed by atoms with Crippen LogP contribution in [0.2, 0.25) is 0 Å². The number of methoxy groups -OCH3 is 1. The molecule has 3 heterocycles. The molecule has 7 nitrogen and oxygen atoms in total. The fourth-order valence-corrected chi connectivity index (χ4v) is 6.95. The number of hydrogen-bond donors (Lipinski definition) is 1. The lowest BCUT2D eigenvalue weighted by molar-refractivity contribution is -0.135. The quantitative estimate of drug-likeness (QED) is 0.492. The Hall–Kier alpha value is -4.05. The lowest BCUT2D eigenvalue weighted by Crippen LogP contribution is -2.53. The van der Waals surface area contributed by atoms with Crippen molar-refractivity contribution < 1.29 is 23.4 Å². The van der Waals surface area contributed by atoms with Gasteiger partial charge in [0.25, 0.3) is 5.92 Å². The summed E-state index contributed by atoms with van der Waals surface area (Å²) in [6.45, 7) is 0.797. The van der Waals surface area contributed by atoms with E-state index in [-0.39, 0.29) is 43.4 Å². The normalized spacial score (nSPS) is 28.6. The van der Waals surface area contributed by atoms with Crippen molar-refractivity contribution in [2.45, 2.75) is 42.3 Å². The number of nitrogens with zero attached hydrogens (tertiary/aromatic N) is 4. The van der Waals surface area contributed by atoms with Crippen LogP contribution in [0.25, 0.3) is 0 Å². The number of likely N-dealkylation sites (tertiary alicyclic amines) is 1. The Labute approximate surface area is 231 Å². The molecule has 1 aliphatic carbocycles. The van der Waals surface area contributed by atoms with E-state index in [2.05, 4.69) is 11.1 Å². The minimum Gasteiger partial charge on any atom is -0.481 e. The van der Waals surface area contributed by atoms with Gasteiger partial charge in [0.2, 0.25) is 5.88 Å². The van der Waals surface area contributed by atoms with Gasteiger partial charge in [-0.15, -0.1) is 0 Å². The van der Waals surface area contributed by atoms with E-state index in [9.17, 15) is 24.4 Å². The molecule has 1 saturated carbocycles. The number of aromatic nitrogens is 1. The summed E-state index contributed by atoms with van der Waals surface area (Å²) in [6.07, 6.45) is 0.0328. The number of benzene rings is 2. The maximum atomic E-state index is 14.0. The summed E-state index contributed by atoms with van der Waals surface area (Å²) in [7, 11) is 1.43. The molecule has 6 rings (SSSR count). The van der Waals surface area contributed by atoms with Crippen molar-refractivity contribution in [2.24, 2.45) is 5.92 Å². The Kier molecular flexibility index (Phi) is 6.25. The highest BCUT2D eigenvalue weighted by molar-refractivity contribution is 5.59. The molecule has 9 heteroatoms. The zero-order chi connectivity index (χ0) is 28.1. The molecule has 4 atom stereocenters. The Balaban J connectivity index is 1.57. The predicted molar refractivity (Wildman–Crippen MR) is 141 cm³/mol. The number of pyridine rings is 1. The van der Waals surface area contributed by atoms with Crippen molar-refractivity contribution >= 4 is 0 Å². The maximum Gasteiger partial charge on any atom is 0.250 e. The summed E-state index contributed by atoms with van der Waals surface area (Å²) in [6, 6.07) is 22.4. The maximum absolute atomic E-state index is 14.0. The van der Waals surface area contributed by atoms with Crippen LogP contribution in [0.1, 0.15) is 53.1 Å². The fourth-order valence-electron chi connectivity index (χ4n) is 6.95. The van der Waals surface area contributed by atoms with E-state index >= 15 is 0 Å². The average molecular weight is 543 g/mol. The Morgan fingerprint density at radius 2 is 1.77 bits per heavy atom. The number of piperidine rings is 1. The highest BCUT2D eigenvalue weighted by Gasteiger charge is 2.73. The first kappa shape index (κ1) is 26.2. The van der Waals surface area contributed by atoms with Crippen LogP contribution in [0, 0.1) is 28.6 Å². The van der Waals surface area contributed by atoms with Gasteiger partial charge in [0.05, 0.1) is 24.3 Å². The van der Waals surface area contributed by atoms with Crippen molar-refractivity contribution in [3.63, 3.8) is 0 Å². The number of nitriles is 2. The van der Waals surface area contributed by atoms with Crippen molar-refractivity contribution in [1.29, 1.82) is 10.5 Å². The fraction of sp³-hybridized carbons (Fsp3) is 0.387. The molecule has 1 N–H and O–H groups in total. The highest BCUT2D eigenvalue weighted by atomic mass is 19.3. The van der Waals surface area contributed by atoms with E-state index < -0.39 is 23.0 Å². The monoisotopic (exact) mass is 542 g/mol. The van der Waals surface area contributed by atoms with E-state index in [0.29, 0.717) is 35.4 Å². The minimum atomic E-state index is -2.69. The Morgan fingerprint density at radius 3 is 2.40 bits per heavy atom. The second-order valence-corrected chi connectivity index (χ2v) is 10.8. The third-order valence-corrected chi connectivity index (χ3v) is 8.79. The first-order valence-electron chi connectivity index (χ1n) is 13.3. The van der Waals surface area contributed by atoms with Gasteiger partial charge in [-0.25, -0.2) is 13.8 Å². The van der Waals surface area contributed by atoms with E-state index in [1.54, 1.807) is 24.3 Å². The van der Waals surface area contributed by atoms with E-state index in [1.165, 1.54) is 13.2 Å². The molecule has 1 aromatic heterocycles. The highest BCUT2D eigenvalue weighted by Crippen LogP contribution is 2.70. The number of fused-ring (bicyclic) bond motifs is 3. The Bertz CT molecular complexity index is 1510. The van der Waals surface area contributed by atoms with Gasteiger partial charge in [0.15, 0.2) is 5.60 Å². The molecule has 2 aliphatic heterocycles. The predicted octanol–water partition coefficient (Wildman–Crippen LogP) is 4.84. The topological polar surface area (TPSA) is 102 Å². The minimum absolute atomic E-state index is 0.0835. The van der Waals surface area contributed by atoms with Crippen LogP contribution in [0.3, 0.4) is 0 Å². The molecule has 3 aliphatic rings. The molecular weight excluding hydrogens is 514 g/mol. The summed E-state index contributed by atoms with van der Waals surface area (Å²) >= 11 is 0. The molecule has 2 fully saturated rings. The van der Waals surface area contributed by atoms with Crippen LogP contribution in [0.15, 0.2) is 60.7 Å². The van der Waals surface area contributed by atoms with E-state index in [1.807, 2.05) is 41.3 Å². The summed E-state index contributed by atoms with van der Waals surface area (Å²) in [4.78, 5) is 6.34. The average Bonchev–Trinajstić information content (AvgIpc) is 3.39. The number of ether oxygens (including phenoxy) is 2. The second kappa shape index (κ2) is 9.55. The van der Waals surface area contributed by atoms with Gasteiger partial charge in [0.1, 0.15) is 23.1 Å². The zero-order valence-corrected chi connectivity index (χ0v) is 22.0. The molecule has 0 radical (unpaired) electrons. The summed E-state index contributed by atoms with van der Waals surface area (Å²) in [5.74, 6) is -3.11. The molecule has 3 unspecified atom stereocenters. The van der Waals surface area contributed by atoms with Gasteiger partial charge in [-0.1, -0.05) is 42.5 Å². The number of aliphatic hydroxyl groups is 1. The van der Waals surface area contributed by atoms with Crippen molar-refractivity contribution in [2.75, 3.05) is 26.7 Å². The molecule has 204 valence electrons. The van der Waals surface area contributed by atoms with Crippen molar-refractivity contribution in [1.82, 2.24) is 9.88 Å². The molecule has 0 spiro atoms. The molecule has 2 aromatic carbocycles. The molecular formula is C31H28F2N4O3. The van der Waals surface area contributed by atoms with Crippen LogP contribution in [0.5, 0.6) is 11.6 Å². The van der Waals surface area contributed by atoms with Crippen molar-refractivity contribution in [3.8, 4) is 23.8 Å². The van der Waals surface area contributed by atoms with Gasteiger partial charge in [-0.05, 0) is 29.7 Å².